The Balaban J connectivity index is 2.27. The molecule has 0 aromatic carbocycles. The monoisotopic (exact) mass is 301 g/mol. The van der Waals surface area contributed by atoms with Crippen molar-refractivity contribution in [3.05, 3.63) is 16.4 Å². The zero-order valence-electron chi connectivity index (χ0n) is 10.4. The molecule has 2 rings (SSSR count). The maximum absolute atomic E-state index is 5.82. The summed E-state index contributed by atoms with van der Waals surface area (Å²) in [4.78, 5) is 0. The highest BCUT2D eigenvalue weighted by molar-refractivity contribution is 9.10. The first-order valence-electron chi connectivity index (χ1n) is 6.34. The molecule has 0 radical (unpaired) electrons. The Morgan fingerprint density at radius 1 is 1.65 bits per heavy atom. The topological polar surface area (TPSA) is 39.1 Å². The molecular weight excluding hydrogens is 282 g/mol. The number of rotatable bonds is 5. The minimum absolute atomic E-state index is 0.235. The summed E-state index contributed by atoms with van der Waals surface area (Å²) in [5.41, 5.74) is 1.21. The third-order valence-corrected chi connectivity index (χ3v) is 3.80. The summed E-state index contributed by atoms with van der Waals surface area (Å²) in [6.45, 7) is 6.94. The smallest absolute Gasteiger partial charge is 0.0786 e. The van der Waals surface area contributed by atoms with Crippen LogP contribution < -0.4 is 5.32 Å². The molecule has 1 aliphatic rings. The van der Waals surface area contributed by atoms with E-state index in [0.717, 1.165) is 37.0 Å². The van der Waals surface area contributed by atoms with Crippen molar-refractivity contribution in [2.24, 2.45) is 0 Å². The number of aromatic nitrogens is 2. The molecule has 0 saturated carbocycles. The third kappa shape index (κ3) is 2.72. The van der Waals surface area contributed by atoms with Crippen molar-refractivity contribution in [3.63, 3.8) is 0 Å². The van der Waals surface area contributed by atoms with Crippen LogP contribution in [0.1, 0.15) is 38.4 Å². The lowest BCUT2D eigenvalue weighted by Gasteiger charge is -2.25. The molecule has 1 aliphatic heterocycles. The summed E-state index contributed by atoms with van der Waals surface area (Å²) >= 11 is 3.60. The summed E-state index contributed by atoms with van der Waals surface area (Å²) in [5.74, 6) is 0. The Hall–Kier alpha value is -0.390. The van der Waals surface area contributed by atoms with E-state index < -0.39 is 0 Å². The fourth-order valence-electron chi connectivity index (χ4n) is 2.42. The highest BCUT2D eigenvalue weighted by Gasteiger charge is 2.30. The van der Waals surface area contributed by atoms with Gasteiger partial charge in [0.1, 0.15) is 0 Å². The molecule has 4 nitrogen and oxygen atoms in total. The molecule has 0 bridgehead atoms. The molecule has 2 atom stereocenters. The van der Waals surface area contributed by atoms with Gasteiger partial charge in [0.2, 0.25) is 0 Å². The molecule has 1 fully saturated rings. The predicted octanol–water partition coefficient (Wildman–Crippen LogP) is 2.50. The Bertz CT molecular complexity index is 361. The van der Waals surface area contributed by atoms with Crippen molar-refractivity contribution >= 4 is 15.9 Å². The molecule has 96 valence electrons. The first-order valence-corrected chi connectivity index (χ1v) is 7.13. The SMILES string of the molecule is CCNC(c1c(Br)cnn1CC)C1CCCO1. The van der Waals surface area contributed by atoms with E-state index in [1.165, 1.54) is 5.69 Å². The lowest BCUT2D eigenvalue weighted by molar-refractivity contribution is 0.0758. The normalized spacial score (nSPS) is 21.9. The molecule has 5 heteroatoms. The van der Waals surface area contributed by atoms with Crippen molar-refractivity contribution in [2.45, 2.75) is 45.4 Å². The number of nitrogens with zero attached hydrogens (tertiary/aromatic N) is 2. The first-order chi connectivity index (χ1) is 8.27. The maximum atomic E-state index is 5.82. The summed E-state index contributed by atoms with van der Waals surface area (Å²) in [5, 5.41) is 7.91. The number of hydrogen-bond donors (Lipinski definition) is 1. The lowest BCUT2D eigenvalue weighted by atomic mass is 10.0. The average Bonchev–Trinajstić information content (AvgIpc) is 2.95. The van der Waals surface area contributed by atoms with E-state index in [-0.39, 0.29) is 12.1 Å². The summed E-state index contributed by atoms with van der Waals surface area (Å²) in [7, 11) is 0. The van der Waals surface area contributed by atoms with E-state index in [2.05, 4.69) is 40.2 Å². The van der Waals surface area contributed by atoms with Crippen LogP contribution >= 0.6 is 15.9 Å². The third-order valence-electron chi connectivity index (χ3n) is 3.19. The van der Waals surface area contributed by atoms with Gasteiger partial charge in [-0.15, -0.1) is 0 Å². The van der Waals surface area contributed by atoms with Crippen LogP contribution in [0.25, 0.3) is 0 Å². The van der Waals surface area contributed by atoms with Crippen molar-refractivity contribution in [2.75, 3.05) is 13.2 Å². The van der Waals surface area contributed by atoms with E-state index in [1.807, 2.05) is 10.9 Å². The van der Waals surface area contributed by atoms with Gasteiger partial charge < -0.3 is 10.1 Å². The van der Waals surface area contributed by atoms with E-state index in [9.17, 15) is 0 Å². The Kier molecular flexibility index (Phi) is 4.59. The van der Waals surface area contributed by atoms with Gasteiger partial charge in [-0.1, -0.05) is 6.92 Å². The van der Waals surface area contributed by atoms with Crippen molar-refractivity contribution < 1.29 is 4.74 Å². The van der Waals surface area contributed by atoms with E-state index in [4.69, 9.17) is 4.74 Å². The standard InChI is InChI=1S/C12H20BrN3O/c1-3-14-11(10-6-5-7-17-10)12-9(13)8-15-16(12)4-2/h8,10-11,14H,3-7H2,1-2H3. The minimum atomic E-state index is 0.235. The van der Waals surface area contributed by atoms with Gasteiger partial charge in [0, 0.05) is 13.2 Å². The van der Waals surface area contributed by atoms with Crippen LogP contribution in [-0.4, -0.2) is 29.0 Å². The zero-order valence-corrected chi connectivity index (χ0v) is 12.0. The van der Waals surface area contributed by atoms with Crippen LogP contribution in [-0.2, 0) is 11.3 Å². The molecule has 1 aromatic rings. The van der Waals surface area contributed by atoms with Gasteiger partial charge in [-0.25, -0.2) is 0 Å². The first kappa shape index (κ1) is 13.1. The van der Waals surface area contributed by atoms with Crippen LogP contribution in [0, 0.1) is 0 Å². The van der Waals surface area contributed by atoms with E-state index >= 15 is 0 Å². The van der Waals surface area contributed by atoms with Gasteiger partial charge in [0.15, 0.2) is 0 Å². The second-order valence-corrected chi connectivity index (χ2v) is 5.13. The molecule has 0 spiro atoms. The average molecular weight is 302 g/mol. The van der Waals surface area contributed by atoms with Crippen molar-refractivity contribution in [1.82, 2.24) is 15.1 Å². The number of likely N-dealkylation sites (N-methyl/N-ethyl adjacent to an activating group) is 1. The van der Waals surface area contributed by atoms with E-state index in [0.29, 0.717) is 0 Å². The number of nitrogens with one attached hydrogen (secondary N) is 1. The quantitative estimate of drug-likeness (QED) is 0.908. The number of halogens is 1. The van der Waals surface area contributed by atoms with Gasteiger partial charge >= 0.3 is 0 Å². The Morgan fingerprint density at radius 2 is 2.47 bits per heavy atom. The predicted molar refractivity (Wildman–Crippen MR) is 71.0 cm³/mol. The second kappa shape index (κ2) is 5.98. The number of ether oxygens (including phenoxy) is 1. The zero-order chi connectivity index (χ0) is 12.3. The lowest BCUT2D eigenvalue weighted by Crippen LogP contribution is -2.33. The van der Waals surface area contributed by atoms with Crippen LogP contribution in [0.4, 0.5) is 0 Å². The van der Waals surface area contributed by atoms with Gasteiger partial charge in [0.25, 0.3) is 0 Å². The van der Waals surface area contributed by atoms with Crippen LogP contribution in [0.3, 0.4) is 0 Å². The Labute approximate surface area is 111 Å². The van der Waals surface area contributed by atoms with Gasteiger partial charge in [-0.2, -0.15) is 5.10 Å². The molecule has 0 aliphatic carbocycles. The molecule has 1 N–H and O–H groups in total. The van der Waals surface area contributed by atoms with Gasteiger partial charge in [0.05, 0.1) is 28.5 Å². The highest BCUT2D eigenvalue weighted by atomic mass is 79.9. The van der Waals surface area contributed by atoms with Crippen LogP contribution in [0.5, 0.6) is 0 Å². The van der Waals surface area contributed by atoms with Crippen LogP contribution in [0.15, 0.2) is 10.7 Å². The van der Waals surface area contributed by atoms with E-state index in [1.54, 1.807) is 0 Å². The molecule has 17 heavy (non-hydrogen) atoms. The van der Waals surface area contributed by atoms with Gasteiger partial charge in [-0.3, -0.25) is 4.68 Å². The highest BCUT2D eigenvalue weighted by Crippen LogP contribution is 2.31. The molecule has 0 amide bonds. The molecule has 2 heterocycles. The van der Waals surface area contributed by atoms with Crippen LogP contribution in [0.2, 0.25) is 0 Å². The van der Waals surface area contributed by atoms with Gasteiger partial charge in [-0.05, 0) is 42.2 Å². The largest absolute Gasteiger partial charge is 0.376 e. The molecule has 1 saturated heterocycles. The Morgan fingerprint density at radius 3 is 3.06 bits per heavy atom. The minimum Gasteiger partial charge on any atom is -0.376 e. The number of aryl methyl sites for hydroxylation is 1. The maximum Gasteiger partial charge on any atom is 0.0786 e. The summed E-state index contributed by atoms with van der Waals surface area (Å²) in [6.07, 6.45) is 4.43. The summed E-state index contributed by atoms with van der Waals surface area (Å²) < 4.78 is 8.93. The fraction of sp³-hybridized carbons (Fsp3) is 0.750. The summed E-state index contributed by atoms with van der Waals surface area (Å²) in [6, 6.07) is 0.235. The molecular formula is C12H20BrN3O. The van der Waals surface area contributed by atoms with Crippen molar-refractivity contribution in [3.8, 4) is 0 Å². The van der Waals surface area contributed by atoms with Crippen molar-refractivity contribution in [1.29, 1.82) is 0 Å². The molecule has 2 unspecified atom stereocenters. The second-order valence-electron chi connectivity index (χ2n) is 4.28. The number of hydrogen-bond acceptors (Lipinski definition) is 3. The molecule has 1 aromatic heterocycles. The fourth-order valence-corrected chi connectivity index (χ4v) is 2.97.